The fourth-order valence-electron chi connectivity index (χ4n) is 1.98. The Kier molecular flexibility index (Phi) is 7.94. The van der Waals surface area contributed by atoms with E-state index in [4.69, 9.17) is 9.84 Å². The number of methoxy groups -OCH3 is 1. The maximum atomic E-state index is 8.96. The average molecular weight is 283 g/mol. The number of hydrogen-bond acceptors (Lipinski definition) is 4. The van der Waals surface area contributed by atoms with Crippen molar-refractivity contribution < 1.29 is 9.84 Å². The fourth-order valence-corrected chi connectivity index (χ4v) is 3.08. The number of thioether (sulfide) groups is 1. The van der Waals surface area contributed by atoms with E-state index in [1.54, 1.807) is 7.11 Å². The summed E-state index contributed by atoms with van der Waals surface area (Å²) in [5.41, 5.74) is 1.20. The molecule has 0 aliphatic heterocycles. The Morgan fingerprint density at radius 1 is 1.37 bits per heavy atom. The van der Waals surface area contributed by atoms with Gasteiger partial charge >= 0.3 is 0 Å². The van der Waals surface area contributed by atoms with Gasteiger partial charge in [-0.15, -0.1) is 0 Å². The van der Waals surface area contributed by atoms with Crippen molar-refractivity contribution in [2.45, 2.75) is 31.6 Å². The van der Waals surface area contributed by atoms with E-state index in [2.05, 4.69) is 25.2 Å². The van der Waals surface area contributed by atoms with E-state index in [0.717, 1.165) is 24.5 Å². The molecule has 19 heavy (non-hydrogen) atoms. The molecule has 4 heteroatoms. The highest BCUT2D eigenvalue weighted by Gasteiger charge is 2.16. The lowest BCUT2D eigenvalue weighted by Crippen LogP contribution is -2.24. The summed E-state index contributed by atoms with van der Waals surface area (Å²) in [7, 11) is 1.71. The van der Waals surface area contributed by atoms with Crippen molar-refractivity contribution in [2.24, 2.45) is 0 Å². The van der Waals surface area contributed by atoms with Crippen LogP contribution in [0.4, 0.5) is 0 Å². The van der Waals surface area contributed by atoms with Crippen LogP contribution < -0.4 is 10.1 Å². The first kappa shape index (κ1) is 16.3. The van der Waals surface area contributed by atoms with Gasteiger partial charge in [-0.2, -0.15) is 11.8 Å². The zero-order valence-electron chi connectivity index (χ0n) is 12.1. The van der Waals surface area contributed by atoms with Crippen LogP contribution in [0.5, 0.6) is 5.75 Å². The molecule has 3 nitrogen and oxygen atoms in total. The van der Waals surface area contributed by atoms with Crippen LogP contribution in [-0.4, -0.2) is 36.4 Å². The largest absolute Gasteiger partial charge is 0.496 e. The van der Waals surface area contributed by atoms with Crippen molar-refractivity contribution in [2.75, 3.05) is 26.0 Å². The third-order valence-electron chi connectivity index (χ3n) is 3.05. The predicted octanol–water partition coefficient (Wildman–Crippen LogP) is 2.85. The lowest BCUT2D eigenvalue weighted by atomic mass is 10.1. The summed E-state index contributed by atoms with van der Waals surface area (Å²) in [6.45, 7) is 5.46. The molecule has 2 unspecified atom stereocenters. The molecule has 0 aliphatic carbocycles. The van der Waals surface area contributed by atoms with Crippen LogP contribution >= 0.6 is 11.8 Å². The Bertz CT molecular complexity index is 360. The average Bonchev–Trinajstić information content (AvgIpc) is 2.43. The lowest BCUT2D eigenvalue weighted by molar-refractivity contribution is 0.289. The third-order valence-corrected chi connectivity index (χ3v) is 4.38. The number of benzene rings is 1. The highest BCUT2D eigenvalue weighted by molar-refractivity contribution is 7.99. The van der Waals surface area contributed by atoms with Crippen LogP contribution in [0, 0.1) is 0 Å². The van der Waals surface area contributed by atoms with Gasteiger partial charge in [-0.3, -0.25) is 0 Å². The van der Waals surface area contributed by atoms with E-state index in [-0.39, 0.29) is 12.6 Å². The van der Waals surface area contributed by atoms with E-state index in [1.807, 2.05) is 30.0 Å². The van der Waals surface area contributed by atoms with Gasteiger partial charge in [-0.1, -0.05) is 32.0 Å². The Balaban J connectivity index is 2.70. The van der Waals surface area contributed by atoms with Crippen LogP contribution in [0.2, 0.25) is 0 Å². The second kappa shape index (κ2) is 9.23. The molecule has 0 saturated carbocycles. The van der Waals surface area contributed by atoms with Crippen molar-refractivity contribution in [3.05, 3.63) is 29.8 Å². The van der Waals surface area contributed by atoms with Gasteiger partial charge in [0.25, 0.3) is 0 Å². The zero-order valence-corrected chi connectivity index (χ0v) is 12.9. The molecule has 0 fully saturated rings. The molecule has 2 N–H and O–H groups in total. The SMILES string of the molecule is CCNC(CSC(C)CCO)c1ccccc1OC. The first-order chi connectivity index (χ1) is 9.22. The van der Waals surface area contributed by atoms with Gasteiger partial charge in [-0.25, -0.2) is 0 Å². The monoisotopic (exact) mass is 283 g/mol. The summed E-state index contributed by atoms with van der Waals surface area (Å²) in [6, 6.07) is 8.44. The minimum Gasteiger partial charge on any atom is -0.496 e. The van der Waals surface area contributed by atoms with Crippen LogP contribution in [-0.2, 0) is 0 Å². The Morgan fingerprint density at radius 3 is 2.74 bits per heavy atom. The first-order valence-corrected chi connectivity index (χ1v) is 7.86. The fraction of sp³-hybridized carbons (Fsp3) is 0.600. The molecule has 0 heterocycles. The molecule has 0 aromatic heterocycles. The summed E-state index contributed by atoms with van der Waals surface area (Å²) in [5.74, 6) is 1.92. The predicted molar refractivity (Wildman–Crippen MR) is 83.0 cm³/mol. The molecular weight excluding hydrogens is 258 g/mol. The van der Waals surface area contributed by atoms with E-state index < -0.39 is 0 Å². The van der Waals surface area contributed by atoms with Gasteiger partial charge < -0.3 is 15.2 Å². The van der Waals surface area contributed by atoms with Gasteiger partial charge in [0.15, 0.2) is 0 Å². The van der Waals surface area contributed by atoms with Crippen LogP contribution in [0.25, 0.3) is 0 Å². The van der Waals surface area contributed by atoms with E-state index >= 15 is 0 Å². The Hall–Kier alpha value is -0.710. The van der Waals surface area contributed by atoms with Gasteiger partial charge in [0, 0.05) is 29.2 Å². The second-order valence-corrected chi connectivity index (χ2v) is 5.98. The maximum Gasteiger partial charge on any atom is 0.123 e. The molecule has 2 atom stereocenters. The Labute approximate surface area is 120 Å². The molecule has 0 aliphatic rings. The number of aliphatic hydroxyl groups is 1. The number of ether oxygens (including phenoxy) is 1. The molecule has 0 amide bonds. The maximum absolute atomic E-state index is 8.96. The van der Waals surface area contributed by atoms with E-state index in [1.165, 1.54) is 5.56 Å². The van der Waals surface area contributed by atoms with Gasteiger partial charge in [0.1, 0.15) is 5.75 Å². The van der Waals surface area contributed by atoms with Crippen molar-refractivity contribution in [3.63, 3.8) is 0 Å². The van der Waals surface area contributed by atoms with Gasteiger partial charge in [0.2, 0.25) is 0 Å². The number of rotatable bonds is 9. The number of hydrogen-bond donors (Lipinski definition) is 2. The van der Waals surface area contributed by atoms with Crippen LogP contribution in [0.15, 0.2) is 24.3 Å². The third kappa shape index (κ3) is 5.43. The molecule has 0 saturated heterocycles. The van der Waals surface area contributed by atoms with Crippen molar-refractivity contribution in [1.29, 1.82) is 0 Å². The minimum absolute atomic E-state index is 0.259. The van der Waals surface area contributed by atoms with Crippen LogP contribution in [0.3, 0.4) is 0 Å². The number of aliphatic hydroxyl groups excluding tert-OH is 1. The zero-order chi connectivity index (χ0) is 14.1. The van der Waals surface area contributed by atoms with Crippen molar-refractivity contribution >= 4 is 11.8 Å². The topological polar surface area (TPSA) is 41.5 Å². The summed E-state index contributed by atoms with van der Waals surface area (Å²) in [4.78, 5) is 0. The molecule has 1 rings (SSSR count). The number of nitrogens with one attached hydrogen (secondary N) is 1. The molecule has 0 bridgehead atoms. The quantitative estimate of drug-likeness (QED) is 0.731. The van der Waals surface area contributed by atoms with Crippen molar-refractivity contribution in [3.8, 4) is 5.75 Å². The smallest absolute Gasteiger partial charge is 0.123 e. The molecule has 0 spiro atoms. The molecule has 1 aromatic carbocycles. The summed E-state index contributed by atoms with van der Waals surface area (Å²) in [6.07, 6.45) is 0.843. The summed E-state index contributed by atoms with van der Waals surface area (Å²) >= 11 is 1.89. The molecule has 108 valence electrons. The van der Waals surface area contributed by atoms with E-state index in [9.17, 15) is 0 Å². The summed E-state index contributed by atoms with van der Waals surface area (Å²) < 4.78 is 5.44. The highest BCUT2D eigenvalue weighted by Crippen LogP contribution is 2.29. The summed E-state index contributed by atoms with van der Waals surface area (Å²) in [5, 5.41) is 12.9. The van der Waals surface area contributed by atoms with Gasteiger partial charge in [0.05, 0.1) is 7.11 Å². The Morgan fingerprint density at radius 2 is 2.11 bits per heavy atom. The van der Waals surface area contributed by atoms with Crippen molar-refractivity contribution in [1.82, 2.24) is 5.32 Å². The second-order valence-electron chi connectivity index (χ2n) is 4.51. The van der Waals surface area contributed by atoms with Gasteiger partial charge in [-0.05, 0) is 19.0 Å². The normalized spacial score (nSPS) is 14.1. The number of para-hydroxylation sites is 1. The molecular formula is C15H25NO2S. The minimum atomic E-state index is 0.259. The molecule has 1 aromatic rings. The highest BCUT2D eigenvalue weighted by atomic mass is 32.2. The lowest BCUT2D eigenvalue weighted by Gasteiger charge is -2.22. The van der Waals surface area contributed by atoms with Crippen LogP contribution in [0.1, 0.15) is 31.9 Å². The molecule has 0 radical (unpaired) electrons. The first-order valence-electron chi connectivity index (χ1n) is 6.81. The van der Waals surface area contributed by atoms with E-state index in [0.29, 0.717) is 5.25 Å². The standard InChI is InChI=1S/C15H25NO2S/c1-4-16-14(11-19-12(2)9-10-17)13-7-5-6-8-15(13)18-3/h5-8,12,14,16-17H,4,9-11H2,1-3H3.